The fraction of sp³-hybridized carbons (Fsp3) is 0.855. The summed E-state index contributed by atoms with van der Waals surface area (Å²) in [5.74, 6) is -2.66. The summed E-state index contributed by atoms with van der Waals surface area (Å²) in [5, 5.41) is 11.5. The summed E-state index contributed by atoms with van der Waals surface area (Å²) in [7, 11) is 0.296. The lowest BCUT2D eigenvalue weighted by Gasteiger charge is -2.44. The third-order valence-corrected chi connectivity index (χ3v) is 25.7. The molecule has 1 aliphatic carbocycles. The van der Waals surface area contributed by atoms with Crippen molar-refractivity contribution in [2.75, 3.05) is 27.9 Å². The molecule has 1 N–H and O–H groups in total. The van der Waals surface area contributed by atoms with Crippen molar-refractivity contribution in [3.63, 3.8) is 0 Å². The second-order valence-corrected chi connectivity index (χ2v) is 34.1. The number of hydrogen-bond donors (Lipinski definition) is 1. The standard InChI is InChI=1S/C55H99NO11Si2/c1-20-41-28-35(2)27-36(3)30-48(63-14)50(59)49(64-15)31-37(4)29-44(58)52(60)56-26-22-21-23-42(56)53(61)65-51(39(6)46(34-43(41)57)67-69(18,19)55(10,11)12)38(5)32-40-24-25-45(47(33-40)62-13)66-68(16,17)54(7,8)9/h28,32,36-37,39-42,45-51,59H,20-27,29-31,33-34H2,1-19H3/b35-28+,38-32+/t36-,37-,39-,40?,41+,42-,45+,46?,47+,48-,49-,50-,51+/m0/s1. The van der Waals surface area contributed by atoms with E-state index in [0.29, 0.717) is 44.9 Å². The van der Waals surface area contributed by atoms with Gasteiger partial charge in [0.15, 0.2) is 16.6 Å². The van der Waals surface area contributed by atoms with Gasteiger partial charge in [0.1, 0.15) is 24.0 Å². The number of methoxy groups -OCH3 is 3. The highest BCUT2D eigenvalue weighted by Gasteiger charge is 2.46. The summed E-state index contributed by atoms with van der Waals surface area (Å²) >= 11 is 0. The van der Waals surface area contributed by atoms with Gasteiger partial charge in [-0.25, -0.2) is 4.79 Å². The van der Waals surface area contributed by atoms with E-state index in [-0.39, 0.29) is 71.1 Å². The van der Waals surface area contributed by atoms with E-state index in [4.69, 9.17) is 27.8 Å². The summed E-state index contributed by atoms with van der Waals surface area (Å²) in [5.41, 5.74) is 1.95. The predicted molar refractivity (Wildman–Crippen MR) is 281 cm³/mol. The van der Waals surface area contributed by atoms with Gasteiger partial charge in [-0.05, 0) is 138 Å². The molecule has 0 spiro atoms. The van der Waals surface area contributed by atoms with Crippen LogP contribution in [0.4, 0.5) is 0 Å². The number of rotatable bonds is 10. The second kappa shape index (κ2) is 26.3. The molecular weight excluding hydrogens is 907 g/mol. The van der Waals surface area contributed by atoms with Crippen LogP contribution in [0.1, 0.15) is 160 Å². The van der Waals surface area contributed by atoms with Crippen molar-refractivity contribution in [3.8, 4) is 0 Å². The Morgan fingerprint density at radius 3 is 1.81 bits per heavy atom. The summed E-state index contributed by atoms with van der Waals surface area (Å²) in [6.45, 7) is 34.7. The molecule has 0 aromatic rings. The van der Waals surface area contributed by atoms with Crippen molar-refractivity contribution < 1.29 is 52.1 Å². The Labute approximate surface area is 421 Å². The Balaban J connectivity index is 2.20. The minimum absolute atomic E-state index is 0.0164. The van der Waals surface area contributed by atoms with Crippen LogP contribution in [0.25, 0.3) is 0 Å². The molecule has 1 amide bonds. The number of ether oxygens (including phenoxy) is 4. The van der Waals surface area contributed by atoms with Gasteiger partial charge < -0.3 is 37.8 Å². The van der Waals surface area contributed by atoms with E-state index in [1.807, 2.05) is 27.7 Å². The van der Waals surface area contributed by atoms with Crippen molar-refractivity contribution in [2.24, 2.45) is 29.6 Å². The summed E-state index contributed by atoms with van der Waals surface area (Å²) < 4.78 is 38.7. The van der Waals surface area contributed by atoms with E-state index in [1.54, 1.807) is 14.2 Å². The Bertz CT molecular complexity index is 1750. The molecule has 13 atom stereocenters. The monoisotopic (exact) mass is 1010 g/mol. The molecule has 1 saturated heterocycles. The quantitative estimate of drug-likeness (QED) is 0.0965. The Hall–Kier alpha value is -2.05. The molecule has 3 aliphatic rings. The van der Waals surface area contributed by atoms with Gasteiger partial charge >= 0.3 is 5.97 Å². The molecule has 2 heterocycles. The van der Waals surface area contributed by atoms with Gasteiger partial charge in [-0.15, -0.1) is 0 Å². The van der Waals surface area contributed by atoms with Crippen LogP contribution in [0, 0.1) is 29.6 Å². The number of cyclic esters (lactones) is 1. The Morgan fingerprint density at radius 1 is 0.754 bits per heavy atom. The maximum absolute atomic E-state index is 14.9. The third kappa shape index (κ3) is 17.0. The zero-order valence-electron chi connectivity index (χ0n) is 46.8. The molecule has 69 heavy (non-hydrogen) atoms. The summed E-state index contributed by atoms with van der Waals surface area (Å²) in [4.78, 5) is 59.1. The van der Waals surface area contributed by atoms with Gasteiger partial charge in [0, 0.05) is 52.6 Å². The van der Waals surface area contributed by atoms with Crippen LogP contribution < -0.4 is 0 Å². The lowest BCUT2D eigenvalue weighted by Crippen LogP contribution is -2.53. The minimum Gasteiger partial charge on any atom is -0.456 e. The maximum atomic E-state index is 14.9. The van der Waals surface area contributed by atoms with Crippen LogP contribution in [-0.2, 0) is 47.0 Å². The summed E-state index contributed by atoms with van der Waals surface area (Å²) in [6, 6.07) is -0.951. The van der Waals surface area contributed by atoms with Crippen molar-refractivity contribution >= 4 is 40.1 Å². The number of nitrogens with zero attached hydrogens (tertiary/aromatic N) is 1. The second-order valence-electron chi connectivity index (χ2n) is 24.6. The van der Waals surface area contributed by atoms with E-state index in [9.17, 15) is 24.3 Å². The van der Waals surface area contributed by atoms with Crippen LogP contribution in [0.3, 0.4) is 0 Å². The maximum Gasteiger partial charge on any atom is 0.329 e. The van der Waals surface area contributed by atoms with Crippen molar-refractivity contribution in [2.45, 2.75) is 245 Å². The number of carbonyl (C=O) groups excluding carboxylic acids is 4. The van der Waals surface area contributed by atoms with Gasteiger partial charge in [0.2, 0.25) is 5.78 Å². The zero-order valence-corrected chi connectivity index (χ0v) is 48.8. The molecule has 2 unspecified atom stereocenters. The van der Waals surface area contributed by atoms with Gasteiger partial charge in [0.05, 0.1) is 30.5 Å². The number of piperidine rings is 1. The molecule has 2 fully saturated rings. The average Bonchev–Trinajstić information content (AvgIpc) is 3.26. The first-order valence-electron chi connectivity index (χ1n) is 26.5. The van der Waals surface area contributed by atoms with Crippen LogP contribution in [0.5, 0.6) is 0 Å². The van der Waals surface area contributed by atoms with Gasteiger partial charge in [-0.1, -0.05) is 87.0 Å². The first-order valence-corrected chi connectivity index (χ1v) is 32.3. The first-order chi connectivity index (χ1) is 31.9. The molecule has 0 bridgehead atoms. The van der Waals surface area contributed by atoms with Crippen LogP contribution in [0.2, 0.25) is 36.3 Å². The molecule has 12 nitrogen and oxygen atoms in total. The molecule has 2 aliphatic heterocycles. The number of esters is 1. The lowest BCUT2D eigenvalue weighted by molar-refractivity contribution is -0.164. The van der Waals surface area contributed by atoms with Crippen LogP contribution in [0.15, 0.2) is 23.3 Å². The topological polar surface area (TPSA) is 147 Å². The van der Waals surface area contributed by atoms with Crippen LogP contribution in [-0.4, -0.2) is 127 Å². The van der Waals surface area contributed by atoms with E-state index >= 15 is 0 Å². The molecule has 0 radical (unpaired) electrons. The zero-order chi connectivity index (χ0) is 52.4. The van der Waals surface area contributed by atoms with Crippen molar-refractivity contribution in [3.05, 3.63) is 23.3 Å². The van der Waals surface area contributed by atoms with Crippen LogP contribution >= 0.6 is 0 Å². The molecule has 1 saturated carbocycles. The minimum atomic E-state index is -2.52. The number of fused-ring (bicyclic) bond motifs is 1. The molecular formula is C55H99NO11Si2. The normalized spacial score (nSPS) is 34.4. The van der Waals surface area contributed by atoms with E-state index < -0.39 is 76.8 Å². The molecule has 398 valence electrons. The van der Waals surface area contributed by atoms with Gasteiger partial charge in [-0.3, -0.25) is 14.4 Å². The highest BCUT2D eigenvalue weighted by atomic mass is 28.4. The first kappa shape index (κ1) is 61.3. The van der Waals surface area contributed by atoms with Crippen molar-refractivity contribution in [1.29, 1.82) is 0 Å². The Kier molecular flexibility index (Phi) is 23.3. The number of ketones is 2. The molecule has 14 heteroatoms. The van der Waals surface area contributed by atoms with Gasteiger partial charge in [-0.2, -0.15) is 0 Å². The average molecular weight is 1010 g/mol. The fourth-order valence-corrected chi connectivity index (χ4v) is 13.1. The fourth-order valence-electron chi connectivity index (χ4n) is 10.3. The number of amides is 1. The Morgan fingerprint density at radius 2 is 1.29 bits per heavy atom. The smallest absolute Gasteiger partial charge is 0.329 e. The largest absolute Gasteiger partial charge is 0.456 e. The van der Waals surface area contributed by atoms with E-state index in [0.717, 1.165) is 30.4 Å². The number of aliphatic hydroxyl groups is 1. The van der Waals surface area contributed by atoms with E-state index in [1.165, 1.54) is 12.0 Å². The number of carbonyl (C=O) groups is 4. The molecule has 0 aromatic carbocycles. The number of allylic oxidation sites excluding steroid dienone is 3. The van der Waals surface area contributed by atoms with E-state index in [2.05, 4.69) is 93.7 Å². The number of Topliss-reactive ketones (excluding diaryl/α,β-unsaturated/α-hetero) is 2. The number of aliphatic hydroxyl groups excluding tert-OH is 1. The van der Waals surface area contributed by atoms with Gasteiger partial charge in [0.25, 0.3) is 5.91 Å². The summed E-state index contributed by atoms with van der Waals surface area (Å²) in [6.07, 6.45) is 7.13. The molecule has 0 aromatic heterocycles. The van der Waals surface area contributed by atoms with Crippen molar-refractivity contribution in [1.82, 2.24) is 4.90 Å². The lowest BCUT2D eigenvalue weighted by atomic mass is 9.81. The highest BCUT2D eigenvalue weighted by molar-refractivity contribution is 6.74. The number of hydrogen-bond acceptors (Lipinski definition) is 11. The SMILES string of the molecule is CC[C@@H]1/C=C(\C)C[C@H](C)C[C@H](OC)[C@H](O)[C@@H](OC)C[C@@H](C)CC(=O)C(=O)N2CCCC[C@H]2C(=O)O[C@H](/C(C)=C/C2CC[C@@H](O[Si](C)(C)C(C)(C)C)[C@H](OC)C2)[C@@H](C)C(O[Si](C)(C)C(C)(C)C)CC1=O. The third-order valence-electron chi connectivity index (χ3n) is 16.7. The predicted octanol–water partition coefficient (Wildman–Crippen LogP) is 11.2. The molecule has 3 rings (SSSR count). The highest BCUT2D eigenvalue weighted by Crippen LogP contribution is 2.43.